The summed E-state index contributed by atoms with van der Waals surface area (Å²) in [5.41, 5.74) is 4.37. The second kappa shape index (κ2) is 6.45. The monoisotopic (exact) mass is 346 g/mol. The summed E-state index contributed by atoms with van der Waals surface area (Å²) < 4.78 is 0. The molecule has 2 aliphatic rings. The van der Waals surface area contributed by atoms with Crippen LogP contribution in [0.15, 0.2) is 66.0 Å². The summed E-state index contributed by atoms with van der Waals surface area (Å²) in [4.78, 5) is 20.0. The first-order valence-electron chi connectivity index (χ1n) is 7.82. The van der Waals surface area contributed by atoms with Gasteiger partial charge in [0.25, 0.3) is 0 Å². The van der Waals surface area contributed by atoms with E-state index in [4.69, 9.17) is 5.11 Å². The Kier molecular flexibility index (Phi) is 3.99. The van der Waals surface area contributed by atoms with Gasteiger partial charge >= 0.3 is 5.97 Å². The molecule has 4 rings (SSSR count). The standard InChI is InChI=1S/C20H14N2O2S/c23-20(24)16-11-17-19(25-12-16)22-18(21-17)10-13-6-8-15(9-7-13)14-4-2-1-3-5-14/h1-9,11-12H,10H2,(H,23,24). The number of hydrogen-bond acceptors (Lipinski definition) is 4. The van der Waals surface area contributed by atoms with Gasteiger partial charge in [-0.25, -0.2) is 14.8 Å². The smallest absolute Gasteiger partial charge is 0.336 e. The number of carbonyl (C=O) groups is 1. The molecule has 0 saturated heterocycles. The van der Waals surface area contributed by atoms with Crippen molar-refractivity contribution in [3.05, 3.63) is 83.0 Å². The van der Waals surface area contributed by atoms with E-state index < -0.39 is 5.97 Å². The van der Waals surface area contributed by atoms with E-state index >= 15 is 0 Å². The van der Waals surface area contributed by atoms with Crippen molar-refractivity contribution in [1.82, 2.24) is 9.97 Å². The number of rotatable bonds is 4. The number of benzene rings is 2. The van der Waals surface area contributed by atoms with E-state index in [0.29, 0.717) is 17.9 Å². The SMILES string of the molecule is O=C(O)c1csc2nc(Cc3ccc(-c4ccccc4)cc3)nc-2c1. The molecule has 0 aliphatic carbocycles. The quantitative estimate of drug-likeness (QED) is 0.586. The van der Waals surface area contributed by atoms with Gasteiger partial charge in [0.2, 0.25) is 0 Å². The lowest BCUT2D eigenvalue weighted by Gasteiger charge is -2.03. The van der Waals surface area contributed by atoms with Crippen LogP contribution in [0.4, 0.5) is 0 Å². The van der Waals surface area contributed by atoms with Gasteiger partial charge in [-0.1, -0.05) is 54.6 Å². The summed E-state index contributed by atoms with van der Waals surface area (Å²) in [7, 11) is 0. The van der Waals surface area contributed by atoms with E-state index in [2.05, 4.69) is 46.4 Å². The molecule has 2 aromatic rings. The van der Waals surface area contributed by atoms with Gasteiger partial charge in [-0.2, -0.15) is 0 Å². The highest BCUT2D eigenvalue weighted by molar-refractivity contribution is 7.13. The van der Waals surface area contributed by atoms with Gasteiger partial charge in [0.15, 0.2) is 0 Å². The molecule has 2 heterocycles. The predicted octanol–water partition coefficient (Wildman–Crippen LogP) is 4.60. The van der Waals surface area contributed by atoms with Gasteiger partial charge in [0.05, 0.1) is 5.56 Å². The third-order valence-corrected chi connectivity index (χ3v) is 4.85. The molecule has 0 fully saturated rings. The lowest BCUT2D eigenvalue weighted by atomic mass is 10.0. The summed E-state index contributed by atoms with van der Waals surface area (Å²) in [5.74, 6) is -0.236. The van der Waals surface area contributed by atoms with Crippen molar-refractivity contribution in [1.29, 1.82) is 0 Å². The van der Waals surface area contributed by atoms with Gasteiger partial charge in [-0.15, -0.1) is 11.3 Å². The van der Waals surface area contributed by atoms with Crippen LogP contribution in [0.1, 0.15) is 21.7 Å². The highest BCUT2D eigenvalue weighted by Gasteiger charge is 2.15. The predicted molar refractivity (Wildman–Crippen MR) is 98.2 cm³/mol. The molecule has 122 valence electrons. The van der Waals surface area contributed by atoms with Crippen LogP contribution in [0.5, 0.6) is 0 Å². The number of nitrogens with zero attached hydrogens (tertiary/aromatic N) is 2. The van der Waals surface area contributed by atoms with Gasteiger partial charge < -0.3 is 5.11 Å². The first-order chi connectivity index (χ1) is 12.2. The van der Waals surface area contributed by atoms with E-state index in [-0.39, 0.29) is 5.56 Å². The molecule has 0 bridgehead atoms. The van der Waals surface area contributed by atoms with E-state index in [0.717, 1.165) is 10.6 Å². The molecule has 1 N–H and O–H groups in total. The Bertz CT molecular complexity index is 994. The maximum atomic E-state index is 11.0. The van der Waals surface area contributed by atoms with Crippen LogP contribution in [-0.4, -0.2) is 21.0 Å². The molecule has 0 radical (unpaired) electrons. The molecule has 0 unspecified atom stereocenters. The van der Waals surface area contributed by atoms with Crippen molar-refractivity contribution in [2.45, 2.75) is 6.42 Å². The summed E-state index contributed by atoms with van der Waals surface area (Å²) in [6, 6.07) is 20.2. The van der Waals surface area contributed by atoms with Crippen LogP contribution in [0.2, 0.25) is 0 Å². The topological polar surface area (TPSA) is 63.1 Å². The normalized spacial score (nSPS) is 10.9. The van der Waals surface area contributed by atoms with Crippen molar-refractivity contribution >= 4 is 17.3 Å². The number of fused-ring (bicyclic) bond motifs is 1. The zero-order chi connectivity index (χ0) is 17.2. The van der Waals surface area contributed by atoms with E-state index in [1.807, 2.05) is 18.2 Å². The van der Waals surface area contributed by atoms with Crippen molar-refractivity contribution in [3.8, 4) is 21.8 Å². The van der Waals surface area contributed by atoms with Crippen LogP contribution in [0.25, 0.3) is 21.8 Å². The average molecular weight is 346 g/mol. The number of carboxylic acids is 1. The molecule has 4 nitrogen and oxygen atoms in total. The van der Waals surface area contributed by atoms with Gasteiger partial charge in [0, 0.05) is 11.8 Å². The fourth-order valence-electron chi connectivity index (χ4n) is 2.69. The molecule has 0 amide bonds. The zero-order valence-corrected chi connectivity index (χ0v) is 14.0. The number of imidazole rings is 1. The molecule has 0 atom stereocenters. The molecule has 2 aliphatic heterocycles. The summed E-state index contributed by atoms with van der Waals surface area (Å²) in [5, 5.41) is 11.4. The molecule has 0 aromatic heterocycles. The van der Waals surface area contributed by atoms with Crippen LogP contribution < -0.4 is 0 Å². The molecule has 25 heavy (non-hydrogen) atoms. The molecule has 0 spiro atoms. The van der Waals surface area contributed by atoms with E-state index in [9.17, 15) is 4.79 Å². The number of hydrogen-bond donors (Lipinski definition) is 1. The Labute approximate surface area is 148 Å². The van der Waals surface area contributed by atoms with E-state index in [1.165, 1.54) is 22.5 Å². The fraction of sp³-hybridized carbons (Fsp3) is 0.0500. The number of aromatic nitrogens is 2. The highest BCUT2D eigenvalue weighted by Crippen LogP contribution is 2.26. The van der Waals surface area contributed by atoms with Crippen molar-refractivity contribution in [3.63, 3.8) is 0 Å². The Morgan fingerprint density at radius 1 is 0.960 bits per heavy atom. The van der Waals surface area contributed by atoms with Crippen LogP contribution >= 0.6 is 11.3 Å². The van der Waals surface area contributed by atoms with Crippen LogP contribution in [0, 0.1) is 0 Å². The average Bonchev–Trinajstić information content (AvgIpc) is 3.04. The van der Waals surface area contributed by atoms with E-state index in [1.54, 1.807) is 11.4 Å². The minimum absolute atomic E-state index is 0.246. The van der Waals surface area contributed by atoms with Crippen LogP contribution in [-0.2, 0) is 6.42 Å². The third kappa shape index (κ3) is 3.27. The summed E-state index contributed by atoms with van der Waals surface area (Å²) in [6.07, 6.45) is 0.624. The fourth-order valence-corrected chi connectivity index (χ4v) is 3.48. The molecule has 5 heteroatoms. The molecular weight excluding hydrogens is 332 g/mol. The zero-order valence-electron chi connectivity index (χ0n) is 13.2. The maximum absolute atomic E-state index is 11.0. The Balaban J connectivity index is 1.57. The minimum atomic E-state index is -0.945. The lowest BCUT2D eigenvalue weighted by molar-refractivity contribution is 0.0697. The Morgan fingerprint density at radius 2 is 1.68 bits per heavy atom. The van der Waals surface area contributed by atoms with Gasteiger partial charge in [0.1, 0.15) is 16.5 Å². The Hall–Kier alpha value is -3.05. The second-order valence-electron chi connectivity index (χ2n) is 5.71. The molecule has 0 saturated carbocycles. The number of carboxylic acid groups (broad SMARTS) is 1. The molecule has 2 aromatic carbocycles. The largest absolute Gasteiger partial charge is 0.478 e. The first kappa shape index (κ1) is 15.5. The first-order valence-corrected chi connectivity index (χ1v) is 8.70. The second-order valence-corrected chi connectivity index (χ2v) is 6.57. The third-order valence-electron chi connectivity index (χ3n) is 3.96. The van der Waals surface area contributed by atoms with Crippen LogP contribution in [0.3, 0.4) is 0 Å². The number of aromatic carboxylic acids is 1. The van der Waals surface area contributed by atoms with Crippen molar-refractivity contribution < 1.29 is 9.90 Å². The Morgan fingerprint density at radius 3 is 2.40 bits per heavy atom. The lowest BCUT2D eigenvalue weighted by Crippen LogP contribution is -1.95. The summed E-state index contributed by atoms with van der Waals surface area (Å²) in [6.45, 7) is 0. The highest BCUT2D eigenvalue weighted by atomic mass is 32.1. The van der Waals surface area contributed by atoms with Gasteiger partial charge in [-0.05, 0) is 22.8 Å². The minimum Gasteiger partial charge on any atom is -0.478 e. The summed E-state index contributed by atoms with van der Waals surface area (Å²) >= 11 is 1.31. The van der Waals surface area contributed by atoms with Crippen molar-refractivity contribution in [2.75, 3.05) is 0 Å². The maximum Gasteiger partial charge on any atom is 0.336 e. The van der Waals surface area contributed by atoms with Crippen molar-refractivity contribution in [2.24, 2.45) is 0 Å². The van der Waals surface area contributed by atoms with Gasteiger partial charge in [-0.3, -0.25) is 0 Å². The molecular formula is C20H14N2O2S.